The molecule has 1 amide bonds. The van der Waals surface area contributed by atoms with Crippen molar-refractivity contribution in [2.75, 3.05) is 6.61 Å². The highest BCUT2D eigenvalue weighted by Crippen LogP contribution is 2.30. The van der Waals surface area contributed by atoms with E-state index in [1.54, 1.807) is 18.3 Å². The minimum Gasteiger partial charge on any atom is -0.371 e. The molecule has 5 heteroatoms. The summed E-state index contributed by atoms with van der Waals surface area (Å²) in [6.45, 7) is 2.46. The van der Waals surface area contributed by atoms with E-state index >= 15 is 0 Å². The van der Waals surface area contributed by atoms with Crippen LogP contribution in [0.2, 0.25) is 5.02 Å². The minimum absolute atomic E-state index is 0.0479. The predicted molar refractivity (Wildman–Crippen MR) is 85.0 cm³/mol. The van der Waals surface area contributed by atoms with Crippen LogP contribution in [0.4, 0.5) is 0 Å². The molecule has 1 aliphatic rings. The monoisotopic (exact) mass is 316 g/mol. The topological polar surface area (TPSA) is 51.2 Å². The smallest absolute Gasteiger partial charge is 0.253 e. The molecule has 0 bridgehead atoms. The third kappa shape index (κ3) is 3.13. The standard InChI is InChI=1S/C17H17ClN2O2/c1-11-14(3-2-9-19-11)17(21)20-15-8-10-22-16(15)12-4-6-13(18)7-5-12/h2-7,9,15-16H,8,10H2,1H3,(H,20,21)/t15-,16+/m1/s1. The summed E-state index contributed by atoms with van der Waals surface area (Å²) < 4.78 is 5.79. The highest BCUT2D eigenvalue weighted by atomic mass is 35.5. The van der Waals surface area contributed by atoms with Gasteiger partial charge in [-0.15, -0.1) is 0 Å². The third-order valence-corrected chi connectivity index (χ3v) is 4.11. The van der Waals surface area contributed by atoms with Crippen LogP contribution in [0, 0.1) is 6.92 Å². The zero-order valence-electron chi connectivity index (χ0n) is 12.3. The molecular weight excluding hydrogens is 300 g/mol. The molecule has 2 atom stereocenters. The van der Waals surface area contributed by atoms with Crippen molar-refractivity contribution in [3.63, 3.8) is 0 Å². The van der Waals surface area contributed by atoms with Gasteiger partial charge in [-0.05, 0) is 43.2 Å². The molecule has 2 aromatic rings. The molecule has 1 fully saturated rings. The quantitative estimate of drug-likeness (QED) is 0.945. The summed E-state index contributed by atoms with van der Waals surface area (Å²) in [5, 5.41) is 3.75. The van der Waals surface area contributed by atoms with Gasteiger partial charge >= 0.3 is 0 Å². The highest BCUT2D eigenvalue weighted by molar-refractivity contribution is 6.30. The van der Waals surface area contributed by atoms with Gasteiger partial charge in [0, 0.05) is 23.5 Å². The molecule has 0 unspecified atom stereocenters. The lowest BCUT2D eigenvalue weighted by atomic mass is 10.0. The lowest BCUT2D eigenvalue weighted by Crippen LogP contribution is -2.37. The van der Waals surface area contributed by atoms with Crippen LogP contribution >= 0.6 is 11.6 Å². The molecule has 1 aliphatic heterocycles. The van der Waals surface area contributed by atoms with Crippen LogP contribution in [-0.2, 0) is 4.74 Å². The molecule has 2 heterocycles. The number of amides is 1. The van der Waals surface area contributed by atoms with Crippen LogP contribution in [0.15, 0.2) is 42.6 Å². The molecule has 1 saturated heterocycles. The van der Waals surface area contributed by atoms with Crippen LogP contribution in [0.25, 0.3) is 0 Å². The van der Waals surface area contributed by atoms with Gasteiger partial charge in [0.2, 0.25) is 0 Å². The SMILES string of the molecule is Cc1ncccc1C(=O)N[C@@H]1CCO[C@H]1c1ccc(Cl)cc1. The number of benzene rings is 1. The lowest BCUT2D eigenvalue weighted by Gasteiger charge is -2.20. The largest absolute Gasteiger partial charge is 0.371 e. The number of ether oxygens (including phenoxy) is 1. The van der Waals surface area contributed by atoms with E-state index in [9.17, 15) is 4.79 Å². The van der Waals surface area contributed by atoms with Crippen LogP contribution in [0.3, 0.4) is 0 Å². The number of hydrogen-bond donors (Lipinski definition) is 1. The van der Waals surface area contributed by atoms with E-state index in [4.69, 9.17) is 16.3 Å². The van der Waals surface area contributed by atoms with Crippen molar-refractivity contribution in [3.8, 4) is 0 Å². The van der Waals surface area contributed by atoms with Crippen molar-refractivity contribution in [3.05, 3.63) is 64.4 Å². The van der Waals surface area contributed by atoms with Crippen LogP contribution in [0.5, 0.6) is 0 Å². The number of pyridine rings is 1. The van der Waals surface area contributed by atoms with Gasteiger partial charge in [-0.1, -0.05) is 23.7 Å². The van der Waals surface area contributed by atoms with Gasteiger partial charge < -0.3 is 10.1 Å². The van der Waals surface area contributed by atoms with Gasteiger partial charge in [0.1, 0.15) is 6.10 Å². The molecule has 0 saturated carbocycles. The van der Waals surface area contributed by atoms with E-state index in [-0.39, 0.29) is 18.1 Å². The molecule has 22 heavy (non-hydrogen) atoms. The van der Waals surface area contributed by atoms with Gasteiger partial charge in [0.25, 0.3) is 5.91 Å². The number of hydrogen-bond acceptors (Lipinski definition) is 3. The molecular formula is C17H17ClN2O2. The maximum Gasteiger partial charge on any atom is 0.253 e. The van der Waals surface area contributed by atoms with Crippen molar-refractivity contribution in [1.29, 1.82) is 0 Å². The summed E-state index contributed by atoms with van der Waals surface area (Å²) in [6.07, 6.45) is 2.33. The van der Waals surface area contributed by atoms with Crippen LogP contribution in [-0.4, -0.2) is 23.5 Å². The Morgan fingerprint density at radius 3 is 2.82 bits per heavy atom. The van der Waals surface area contributed by atoms with Gasteiger partial charge in [0.05, 0.1) is 11.6 Å². The summed E-state index contributed by atoms with van der Waals surface area (Å²) in [4.78, 5) is 16.6. The first-order chi connectivity index (χ1) is 10.6. The molecule has 1 aromatic carbocycles. The molecule has 4 nitrogen and oxygen atoms in total. The van der Waals surface area contributed by atoms with Gasteiger partial charge in [0.15, 0.2) is 0 Å². The average Bonchev–Trinajstić information content (AvgIpc) is 2.96. The Morgan fingerprint density at radius 1 is 1.32 bits per heavy atom. The molecule has 1 N–H and O–H groups in total. The molecule has 3 rings (SSSR count). The van der Waals surface area contributed by atoms with Crippen molar-refractivity contribution in [2.24, 2.45) is 0 Å². The minimum atomic E-state index is -0.141. The summed E-state index contributed by atoms with van der Waals surface area (Å²) >= 11 is 5.92. The summed E-state index contributed by atoms with van der Waals surface area (Å²) in [6, 6.07) is 11.0. The fraction of sp³-hybridized carbons (Fsp3) is 0.294. The fourth-order valence-electron chi connectivity index (χ4n) is 2.69. The molecule has 114 valence electrons. The van der Waals surface area contributed by atoms with Crippen molar-refractivity contribution >= 4 is 17.5 Å². The van der Waals surface area contributed by atoms with E-state index in [1.165, 1.54) is 0 Å². The van der Waals surface area contributed by atoms with Crippen molar-refractivity contribution in [1.82, 2.24) is 10.3 Å². The normalized spacial score (nSPS) is 20.8. The number of halogens is 1. The first-order valence-corrected chi connectivity index (χ1v) is 7.62. The predicted octanol–water partition coefficient (Wildman–Crippen LogP) is 3.30. The Morgan fingerprint density at radius 2 is 2.09 bits per heavy atom. The summed E-state index contributed by atoms with van der Waals surface area (Å²) in [7, 11) is 0. The number of carbonyl (C=O) groups is 1. The number of nitrogens with zero attached hydrogens (tertiary/aromatic N) is 1. The van der Waals surface area contributed by atoms with E-state index in [2.05, 4.69) is 10.3 Å². The Labute approximate surface area is 134 Å². The fourth-order valence-corrected chi connectivity index (χ4v) is 2.81. The summed E-state index contributed by atoms with van der Waals surface area (Å²) in [5.41, 5.74) is 2.35. The van der Waals surface area contributed by atoms with Gasteiger partial charge in [-0.3, -0.25) is 9.78 Å². The van der Waals surface area contributed by atoms with Gasteiger partial charge in [-0.25, -0.2) is 0 Å². The van der Waals surface area contributed by atoms with E-state index < -0.39 is 0 Å². The van der Waals surface area contributed by atoms with Crippen LogP contribution in [0.1, 0.15) is 34.1 Å². The van der Waals surface area contributed by atoms with E-state index in [1.807, 2.05) is 31.2 Å². The maximum absolute atomic E-state index is 12.4. The number of rotatable bonds is 3. The zero-order valence-corrected chi connectivity index (χ0v) is 13.0. The van der Waals surface area contributed by atoms with Crippen LogP contribution < -0.4 is 5.32 Å². The summed E-state index contributed by atoms with van der Waals surface area (Å²) in [5.74, 6) is -0.111. The second kappa shape index (κ2) is 6.46. The Bertz CT molecular complexity index is 673. The third-order valence-electron chi connectivity index (χ3n) is 3.86. The van der Waals surface area contributed by atoms with Crippen molar-refractivity contribution < 1.29 is 9.53 Å². The second-order valence-electron chi connectivity index (χ2n) is 5.35. The Balaban J connectivity index is 1.75. The maximum atomic E-state index is 12.4. The van der Waals surface area contributed by atoms with Crippen molar-refractivity contribution in [2.45, 2.75) is 25.5 Å². The Hall–Kier alpha value is -1.91. The van der Waals surface area contributed by atoms with Gasteiger partial charge in [-0.2, -0.15) is 0 Å². The second-order valence-corrected chi connectivity index (χ2v) is 5.78. The highest BCUT2D eigenvalue weighted by Gasteiger charge is 2.31. The number of aromatic nitrogens is 1. The van der Waals surface area contributed by atoms with E-state index in [0.717, 1.165) is 17.7 Å². The average molecular weight is 317 g/mol. The Kier molecular flexibility index (Phi) is 4.41. The molecule has 1 aromatic heterocycles. The number of nitrogens with one attached hydrogen (secondary N) is 1. The lowest BCUT2D eigenvalue weighted by molar-refractivity contribution is 0.0821. The zero-order chi connectivity index (χ0) is 15.5. The number of carbonyl (C=O) groups excluding carboxylic acids is 1. The van der Waals surface area contributed by atoms with E-state index in [0.29, 0.717) is 17.2 Å². The first-order valence-electron chi connectivity index (χ1n) is 7.24. The molecule has 0 spiro atoms. The first kappa shape index (κ1) is 15.0. The molecule has 0 aliphatic carbocycles. The molecule has 0 radical (unpaired) electrons. The number of aryl methyl sites for hydroxylation is 1.